The number of aryl methyl sites for hydroxylation is 1. The Balaban J connectivity index is 2.34. The molecular formula is C14H13N3O2. The number of pyridine rings is 1. The van der Waals surface area contributed by atoms with Crippen molar-refractivity contribution in [1.82, 2.24) is 4.98 Å². The fourth-order valence-electron chi connectivity index (χ4n) is 1.58. The maximum atomic E-state index is 8.75. The Labute approximate surface area is 111 Å². The molecule has 0 amide bonds. The van der Waals surface area contributed by atoms with Crippen LogP contribution in [0.4, 0.5) is 5.69 Å². The minimum absolute atomic E-state index is 0.251. The van der Waals surface area contributed by atoms with E-state index in [2.05, 4.69) is 4.98 Å². The van der Waals surface area contributed by atoms with Crippen molar-refractivity contribution >= 4 is 5.69 Å². The van der Waals surface area contributed by atoms with E-state index in [1.54, 1.807) is 13.2 Å². The molecule has 1 aromatic heterocycles. The molecule has 0 fully saturated rings. The zero-order valence-electron chi connectivity index (χ0n) is 10.7. The van der Waals surface area contributed by atoms with E-state index >= 15 is 0 Å². The van der Waals surface area contributed by atoms with Crippen molar-refractivity contribution in [2.75, 3.05) is 12.8 Å². The summed E-state index contributed by atoms with van der Waals surface area (Å²) < 4.78 is 10.9. The van der Waals surface area contributed by atoms with Crippen LogP contribution in [-0.2, 0) is 0 Å². The van der Waals surface area contributed by atoms with E-state index in [4.69, 9.17) is 20.5 Å². The van der Waals surface area contributed by atoms with Gasteiger partial charge in [0.2, 0.25) is 5.88 Å². The Morgan fingerprint density at radius 3 is 2.68 bits per heavy atom. The van der Waals surface area contributed by atoms with Gasteiger partial charge in [0.25, 0.3) is 0 Å². The third-order valence-electron chi connectivity index (χ3n) is 2.53. The van der Waals surface area contributed by atoms with Gasteiger partial charge in [-0.25, -0.2) is 4.98 Å². The monoisotopic (exact) mass is 255 g/mol. The minimum Gasteiger partial charge on any atom is -0.493 e. The first kappa shape index (κ1) is 12.7. The molecule has 96 valence electrons. The van der Waals surface area contributed by atoms with Crippen LogP contribution in [0.3, 0.4) is 0 Å². The summed E-state index contributed by atoms with van der Waals surface area (Å²) in [6.45, 7) is 1.96. The van der Waals surface area contributed by atoms with E-state index in [0.29, 0.717) is 22.7 Å². The average Bonchev–Trinajstić information content (AvgIpc) is 2.42. The summed E-state index contributed by atoms with van der Waals surface area (Å²) >= 11 is 0. The van der Waals surface area contributed by atoms with Crippen molar-refractivity contribution in [2.24, 2.45) is 0 Å². The summed E-state index contributed by atoms with van der Waals surface area (Å²) in [7, 11) is 1.57. The SMILES string of the molecule is COc1cc(C)ccc1Oc1ncc(C#N)cc1N. The Morgan fingerprint density at radius 2 is 2.05 bits per heavy atom. The zero-order valence-corrected chi connectivity index (χ0v) is 10.7. The molecular weight excluding hydrogens is 242 g/mol. The van der Waals surface area contributed by atoms with Crippen LogP contribution in [0.15, 0.2) is 30.5 Å². The lowest BCUT2D eigenvalue weighted by atomic mass is 10.2. The van der Waals surface area contributed by atoms with Gasteiger partial charge in [-0.15, -0.1) is 0 Å². The summed E-state index contributed by atoms with van der Waals surface area (Å²) in [5, 5.41) is 8.75. The third kappa shape index (κ3) is 2.75. The molecule has 0 radical (unpaired) electrons. The maximum absolute atomic E-state index is 8.75. The molecule has 0 aliphatic heterocycles. The van der Waals surface area contributed by atoms with Crippen molar-refractivity contribution in [3.8, 4) is 23.4 Å². The van der Waals surface area contributed by atoms with Gasteiger partial charge in [0.05, 0.1) is 18.4 Å². The zero-order chi connectivity index (χ0) is 13.8. The van der Waals surface area contributed by atoms with Crippen LogP contribution in [0.1, 0.15) is 11.1 Å². The standard InChI is InChI=1S/C14H13N3O2/c1-9-3-4-12(13(5-9)18-2)19-14-11(16)6-10(7-15)8-17-14/h3-6,8H,16H2,1-2H3. The third-order valence-corrected chi connectivity index (χ3v) is 2.53. The van der Waals surface area contributed by atoms with Crippen molar-refractivity contribution in [2.45, 2.75) is 6.92 Å². The highest BCUT2D eigenvalue weighted by Gasteiger charge is 2.09. The molecule has 1 aromatic carbocycles. The predicted molar refractivity (Wildman–Crippen MR) is 71.2 cm³/mol. The number of rotatable bonds is 3. The molecule has 0 aliphatic rings. The van der Waals surface area contributed by atoms with Gasteiger partial charge in [0.1, 0.15) is 6.07 Å². The summed E-state index contributed by atoms with van der Waals surface area (Å²) in [5.41, 5.74) is 7.54. The van der Waals surface area contributed by atoms with E-state index in [9.17, 15) is 0 Å². The first-order valence-electron chi connectivity index (χ1n) is 5.62. The first-order valence-corrected chi connectivity index (χ1v) is 5.62. The fourth-order valence-corrected chi connectivity index (χ4v) is 1.58. The number of nitrogen functional groups attached to an aromatic ring is 1. The Kier molecular flexibility index (Phi) is 3.53. The molecule has 19 heavy (non-hydrogen) atoms. The van der Waals surface area contributed by atoms with Crippen LogP contribution in [0.5, 0.6) is 17.4 Å². The highest BCUT2D eigenvalue weighted by atomic mass is 16.5. The topological polar surface area (TPSA) is 81.2 Å². The Hall–Kier alpha value is -2.74. The lowest BCUT2D eigenvalue weighted by Crippen LogP contribution is -1.97. The smallest absolute Gasteiger partial charge is 0.242 e. The normalized spacial score (nSPS) is 9.74. The largest absolute Gasteiger partial charge is 0.493 e. The number of methoxy groups -OCH3 is 1. The lowest BCUT2D eigenvalue weighted by molar-refractivity contribution is 0.374. The van der Waals surface area contributed by atoms with Gasteiger partial charge in [-0.05, 0) is 30.7 Å². The van der Waals surface area contributed by atoms with Crippen molar-refractivity contribution in [3.05, 3.63) is 41.6 Å². The second-order valence-corrected chi connectivity index (χ2v) is 3.99. The quantitative estimate of drug-likeness (QED) is 0.911. The second-order valence-electron chi connectivity index (χ2n) is 3.99. The first-order chi connectivity index (χ1) is 9.13. The summed E-state index contributed by atoms with van der Waals surface area (Å²) in [5.74, 6) is 1.38. The molecule has 2 N–H and O–H groups in total. The molecule has 1 heterocycles. The molecule has 2 rings (SSSR count). The average molecular weight is 255 g/mol. The van der Waals surface area contributed by atoms with Crippen molar-refractivity contribution < 1.29 is 9.47 Å². The number of nitrogens with two attached hydrogens (primary N) is 1. The van der Waals surface area contributed by atoms with E-state index in [0.717, 1.165) is 5.56 Å². The molecule has 0 unspecified atom stereocenters. The summed E-state index contributed by atoms with van der Waals surface area (Å²) in [6.07, 6.45) is 1.41. The number of nitrogens with zero attached hydrogens (tertiary/aromatic N) is 2. The molecule has 0 saturated carbocycles. The van der Waals surface area contributed by atoms with Gasteiger partial charge in [0, 0.05) is 6.20 Å². The van der Waals surface area contributed by atoms with E-state index in [1.165, 1.54) is 12.3 Å². The van der Waals surface area contributed by atoms with Gasteiger partial charge in [-0.3, -0.25) is 0 Å². The molecule has 5 heteroatoms. The fraction of sp³-hybridized carbons (Fsp3) is 0.143. The van der Waals surface area contributed by atoms with Crippen LogP contribution in [0, 0.1) is 18.3 Å². The van der Waals surface area contributed by atoms with Crippen LogP contribution >= 0.6 is 0 Å². The lowest BCUT2D eigenvalue weighted by Gasteiger charge is -2.11. The van der Waals surface area contributed by atoms with Gasteiger partial charge < -0.3 is 15.2 Å². The number of hydrogen-bond donors (Lipinski definition) is 1. The van der Waals surface area contributed by atoms with E-state index in [1.807, 2.05) is 25.1 Å². The molecule has 0 atom stereocenters. The number of anilines is 1. The number of hydrogen-bond acceptors (Lipinski definition) is 5. The molecule has 5 nitrogen and oxygen atoms in total. The van der Waals surface area contributed by atoms with E-state index in [-0.39, 0.29) is 5.88 Å². The summed E-state index contributed by atoms with van der Waals surface area (Å²) in [6, 6.07) is 9.03. The van der Waals surface area contributed by atoms with Crippen LogP contribution in [0.25, 0.3) is 0 Å². The van der Waals surface area contributed by atoms with Crippen LogP contribution in [-0.4, -0.2) is 12.1 Å². The number of benzene rings is 1. The van der Waals surface area contributed by atoms with Gasteiger partial charge in [0.15, 0.2) is 11.5 Å². The van der Waals surface area contributed by atoms with Gasteiger partial charge >= 0.3 is 0 Å². The molecule has 0 bridgehead atoms. The Bertz CT molecular complexity index is 648. The molecule has 0 spiro atoms. The highest BCUT2D eigenvalue weighted by Crippen LogP contribution is 2.33. The maximum Gasteiger partial charge on any atom is 0.242 e. The molecule has 0 saturated heterocycles. The number of nitriles is 1. The summed E-state index contributed by atoms with van der Waals surface area (Å²) in [4.78, 5) is 4.02. The van der Waals surface area contributed by atoms with Crippen LogP contribution < -0.4 is 15.2 Å². The number of aromatic nitrogens is 1. The highest BCUT2D eigenvalue weighted by molar-refractivity contribution is 5.54. The van der Waals surface area contributed by atoms with Crippen molar-refractivity contribution in [1.29, 1.82) is 5.26 Å². The van der Waals surface area contributed by atoms with Gasteiger partial charge in [-0.2, -0.15) is 5.26 Å². The number of ether oxygens (including phenoxy) is 2. The predicted octanol–water partition coefficient (Wildman–Crippen LogP) is 2.64. The molecule has 0 aliphatic carbocycles. The van der Waals surface area contributed by atoms with Crippen LogP contribution in [0.2, 0.25) is 0 Å². The van der Waals surface area contributed by atoms with Crippen molar-refractivity contribution in [3.63, 3.8) is 0 Å². The second kappa shape index (κ2) is 5.27. The molecule has 2 aromatic rings. The van der Waals surface area contributed by atoms with Gasteiger partial charge in [-0.1, -0.05) is 6.07 Å². The minimum atomic E-state index is 0.251. The Morgan fingerprint density at radius 1 is 1.26 bits per heavy atom. The van der Waals surface area contributed by atoms with E-state index < -0.39 is 0 Å².